The Bertz CT molecular complexity index is 331. The monoisotopic (exact) mass is 230 g/mol. The summed E-state index contributed by atoms with van der Waals surface area (Å²) in [6, 6.07) is -0.0425. The van der Waals surface area contributed by atoms with Crippen LogP contribution in [0.4, 0.5) is 4.79 Å². The number of methoxy groups -OCH3 is 1. The smallest absolute Gasteiger partial charge is 0.411 e. The number of aliphatic imine (C=N–C) groups is 1. The fourth-order valence-corrected chi connectivity index (χ4v) is 1.78. The minimum Gasteiger partial charge on any atom is -0.453 e. The normalized spacial score (nSPS) is 27.9. The van der Waals surface area contributed by atoms with E-state index in [9.17, 15) is 4.79 Å². The second kappa shape index (κ2) is 3.98. The standard InChI is InChI=1S/C8H11ClN4O2/c1-15-8(14)13-4-2-3-5-6(13)11-7(10-5)12-9/h2-3,5-6H,4H2,1H3,(H2,10,11,12)/t5-,6+/m1/s1. The third-order valence-corrected chi connectivity index (χ3v) is 2.53. The SMILES string of the molecule is COC(=O)N1CC=C[C@H]2NC(NCl)=N[C@H]21. The van der Waals surface area contributed by atoms with Crippen LogP contribution in [0.25, 0.3) is 0 Å². The van der Waals surface area contributed by atoms with Gasteiger partial charge in [-0.2, -0.15) is 0 Å². The molecule has 0 aromatic heterocycles. The third kappa shape index (κ3) is 1.72. The van der Waals surface area contributed by atoms with Crippen molar-refractivity contribution >= 4 is 23.8 Å². The summed E-state index contributed by atoms with van der Waals surface area (Å²) in [6.07, 6.45) is 3.16. The maximum Gasteiger partial charge on any atom is 0.411 e. The zero-order valence-electron chi connectivity index (χ0n) is 8.11. The molecule has 0 aromatic rings. The molecule has 2 atom stereocenters. The predicted octanol–water partition coefficient (Wildman–Crippen LogP) is 0.0219. The number of ether oxygens (including phenoxy) is 1. The fraction of sp³-hybridized carbons (Fsp3) is 0.500. The second-order valence-electron chi connectivity index (χ2n) is 3.21. The number of fused-ring (bicyclic) bond motifs is 1. The molecule has 0 saturated heterocycles. The number of guanidine groups is 1. The molecule has 0 bridgehead atoms. The lowest BCUT2D eigenvalue weighted by Gasteiger charge is -2.30. The molecule has 0 aromatic carbocycles. The summed E-state index contributed by atoms with van der Waals surface area (Å²) in [5.41, 5.74) is 0. The second-order valence-corrected chi connectivity index (χ2v) is 3.40. The van der Waals surface area contributed by atoms with Crippen molar-refractivity contribution in [3.05, 3.63) is 12.2 Å². The van der Waals surface area contributed by atoms with Crippen LogP contribution in [0.3, 0.4) is 0 Å². The van der Waals surface area contributed by atoms with Gasteiger partial charge in [0.25, 0.3) is 0 Å². The predicted molar refractivity (Wildman–Crippen MR) is 55.4 cm³/mol. The minimum atomic E-state index is -0.393. The van der Waals surface area contributed by atoms with E-state index in [1.54, 1.807) is 0 Å². The van der Waals surface area contributed by atoms with Gasteiger partial charge in [-0.25, -0.2) is 9.79 Å². The lowest BCUT2D eigenvalue weighted by molar-refractivity contribution is 0.107. The van der Waals surface area contributed by atoms with E-state index in [0.29, 0.717) is 12.5 Å². The van der Waals surface area contributed by atoms with Crippen LogP contribution in [0.1, 0.15) is 0 Å². The Morgan fingerprint density at radius 2 is 2.67 bits per heavy atom. The molecule has 2 aliphatic rings. The van der Waals surface area contributed by atoms with Gasteiger partial charge in [-0.15, -0.1) is 0 Å². The van der Waals surface area contributed by atoms with E-state index in [1.165, 1.54) is 12.0 Å². The number of rotatable bonds is 0. The van der Waals surface area contributed by atoms with Gasteiger partial charge in [-0.1, -0.05) is 12.2 Å². The zero-order chi connectivity index (χ0) is 10.8. The molecule has 0 unspecified atom stereocenters. The molecule has 2 heterocycles. The highest BCUT2D eigenvalue weighted by Crippen LogP contribution is 2.18. The molecule has 7 heteroatoms. The summed E-state index contributed by atoms with van der Waals surface area (Å²) in [5, 5.41) is 3.02. The Morgan fingerprint density at radius 1 is 1.87 bits per heavy atom. The zero-order valence-corrected chi connectivity index (χ0v) is 8.86. The number of halogens is 1. The number of nitrogens with one attached hydrogen (secondary N) is 2. The molecule has 6 nitrogen and oxygen atoms in total. The van der Waals surface area contributed by atoms with Gasteiger partial charge in [0.1, 0.15) is 0 Å². The number of carbonyl (C=O) groups excluding carboxylic acids is 1. The average molecular weight is 231 g/mol. The van der Waals surface area contributed by atoms with Crippen LogP contribution in [0, 0.1) is 0 Å². The minimum absolute atomic E-state index is 0.0425. The van der Waals surface area contributed by atoms with E-state index in [2.05, 4.69) is 19.9 Å². The quantitative estimate of drug-likeness (QED) is 0.455. The molecule has 0 fully saturated rings. The van der Waals surface area contributed by atoms with Gasteiger partial charge in [-0.3, -0.25) is 9.74 Å². The lowest BCUT2D eigenvalue weighted by Crippen LogP contribution is -2.49. The molecule has 0 saturated carbocycles. The Morgan fingerprint density at radius 3 is 3.33 bits per heavy atom. The first kappa shape index (κ1) is 10.1. The van der Waals surface area contributed by atoms with Gasteiger partial charge in [-0.05, 0) is 0 Å². The van der Waals surface area contributed by atoms with E-state index in [1.807, 2.05) is 12.2 Å². The maximum atomic E-state index is 11.4. The highest BCUT2D eigenvalue weighted by atomic mass is 35.5. The lowest BCUT2D eigenvalue weighted by atomic mass is 10.1. The van der Waals surface area contributed by atoms with E-state index < -0.39 is 6.09 Å². The van der Waals surface area contributed by atoms with Crippen molar-refractivity contribution < 1.29 is 9.53 Å². The van der Waals surface area contributed by atoms with Crippen LogP contribution in [-0.4, -0.2) is 42.8 Å². The maximum absolute atomic E-state index is 11.4. The molecule has 0 aliphatic carbocycles. The van der Waals surface area contributed by atoms with Crippen molar-refractivity contribution in [2.24, 2.45) is 4.99 Å². The van der Waals surface area contributed by atoms with E-state index in [0.717, 1.165) is 0 Å². The summed E-state index contributed by atoms with van der Waals surface area (Å²) in [5.74, 6) is 0.465. The Kier molecular flexibility index (Phi) is 2.68. The summed E-state index contributed by atoms with van der Waals surface area (Å²) in [6.45, 7) is 0.495. The molecule has 82 valence electrons. The molecule has 0 radical (unpaired) electrons. The number of hydrogen-bond donors (Lipinski definition) is 2. The summed E-state index contributed by atoms with van der Waals surface area (Å²) >= 11 is 5.43. The van der Waals surface area contributed by atoms with E-state index in [-0.39, 0.29) is 12.2 Å². The Hall–Kier alpha value is -1.43. The van der Waals surface area contributed by atoms with Crippen molar-refractivity contribution in [3.8, 4) is 0 Å². The van der Waals surface area contributed by atoms with Crippen molar-refractivity contribution in [1.29, 1.82) is 0 Å². The van der Waals surface area contributed by atoms with Crippen LogP contribution in [0.5, 0.6) is 0 Å². The van der Waals surface area contributed by atoms with Gasteiger partial charge < -0.3 is 10.1 Å². The topological polar surface area (TPSA) is 66.0 Å². The summed E-state index contributed by atoms with van der Waals surface area (Å²) < 4.78 is 4.67. The van der Waals surface area contributed by atoms with Gasteiger partial charge in [0.2, 0.25) is 5.96 Å². The number of amides is 1. The highest BCUT2D eigenvalue weighted by molar-refractivity contribution is 6.22. The fourth-order valence-electron chi connectivity index (χ4n) is 1.67. The highest BCUT2D eigenvalue weighted by Gasteiger charge is 2.36. The molecule has 1 amide bonds. The summed E-state index contributed by atoms with van der Waals surface area (Å²) in [7, 11) is 1.35. The van der Waals surface area contributed by atoms with Gasteiger partial charge in [0.15, 0.2) is 6.17 Å². The van der Waals surface area contributed by atoms with Crippen LogP contribution >= 0.6 is 11.8 Å². The van der Waals surface area contributed by atoms with Crippen LogP contribution in [-0.2, 0) is 4.74 Å². The molecular formula is C8H11ClN4O2. The molecule has 2 N–H and O–H groups in total. The van der Waals surface area contributed by atoms with Crippen molar-refractivity contribution in [3.63, 3.8) is 0 Å². The van der Waals surface area contributed by atoms with Gasteiger partial charge >= 0.3 is 6.09 Å². The Labute approximate surface area is 92.0 Å². The van der Waals surface area contributed by atoms with Crippen molar-refractivity contribution in [1.82, 2.24) is 15.1 Å². The van der Waals surface area contributed by atoms with Crippen molar-refractivity contribution in [2.75, 3.05) is 13.7 Å². The van der Waals surface area contributed by atoms with Crippen molar-refractivity contribution in [2.45, 2.75) is 12.2 Å². The first-order valence-electron chi connectivity index (χ1n) is 4.48. The molecule has 15 heavy (non-hydrogen) atoms. The molecule has 0 spiro atoms. The van der Waals surface area contributed by atoms with Crippen LogP contribution in [0.2, 0.25) is 0 Å². The van der Waals surface area contributed by atoms with E-state index in [4.69, 9.17) is 11.8 Å². The van der Waals surface area contributed by atoms with Gasteiger partial charge in [0, 0.05) is 18.3 Å². The van der Waals surface area contributed by atoms with Gasteiger partial charge in [0.05, 0.1) is 13.2 Å². The number of nitrogens with zero attached hydrogens (tertiary/aromatic N) is 2. The largest absolute Gasteiger partial charge is 0.453 e. The number of carbonyl (C=O) groups is 1. The van der Waals surface area contributed by atoms with E-state index >= 15 is 0 Å². The third-order valence-electron chi connectivity index (χ3n) is 2.35. The Balaban J connectivity index is 2.18. The first-order chi connectivity index (χ1) is 7.26. The van der Waals surface area contributed by atoms with Crippen LogP contribution < -0.4 is 10.2 Å². The first-order valence-corrected chi connectivity index (χ1v) is 4.86. The van der Waals surface area contributed by atoms with Crippen LogP contribution in [0.15, 0.2) is 17.1 Å². The molecular weight excluding hydrogens is 220 g/mol. The molecule has 2 aliphatic heterocycles. The summed E-state index contributed by atoms with van der Waals surface area (Å²) in [4.78, 5) is 19.6. The number of hydrogen-bond acceptors (Lipinski definition) is 5. The average Bonchev–Trinajstić information content (AvgIpc) is 2.70. The molecule has 2 rings (SSSR count).